The first-order valence-electron chi connectivity index (χ1n) is 10.5. The van der Waals surface area contributed by atoms with E-state index < -0.39 is 6.09 Å². The van der Waals surface area contributed by atoms with Crippen LogP contribution in [-0.2, 0) is 4.79 Å². The summed E-state index contributed by atoms with van der Waals surface area (Å²) in [6.07, 6.45) is 8.77. The van der Waals surface area contributed by atoms with E-state index in [0.717, 1.165) is 30.5 Å². The highest BCUT2D eigenvalue weighted by atomic mass is 19.1. The van der Waals surface area contributed by atoms with Gasteiger partial charge in [0, 0.05) is 30.8 Å². The van der Waals surface area contributed by atoms with E-state index >= 15 is 0 Å². The fraction of sp³-hybridized carbons (Fsp3) is 0.435. The molecule has 2 aliphatic rings. The van der Waals surface area contributed by atoms with Crippen LogP contribution in [0.15, 0.2) is 36.5 Å². The van der Waals surface area contributed by atoms with E-state index in [1.165, 1.54) is 56.5 Å². The number of hydrogen-bond donors (Lipinski definition) is 2. The predicted molar refractivity (Wildman–Crippen MR) is 114 cm³/mol. The molecule has 1 saturated carbocycles. The summed E-state index contributed by atoms with van der Waals surface area (Å²) < 4.78 is 13.3. The van der Waals surface area contributed by atoms with Gasteiger partial charge in [0.15, 0.2) is 0 Å². The SMILES string of the molecule is Cc1cc(F)cc(-c2ccc(NC(=O)O)nc2)c1.O=C1CCCN1C1CCCCC1. The second-order valence-electron chi connectivity index (χ2n) is 7.86. The van der Waals surface area contributed by atoms with Crippen molar-refractivity contribution in [3.05, 3.63) is 47.9 Å². The lowest BCUT2D eigenvalue weighted by Crippen LogP contribution is -2.37. The molecule has 7 heteroatoms. The van der Waals surface area contributed by atoms with Crippen molar-refractivity contribution in [2.24, 2.45) is 0 Å². The van der Waals surface area contributed by atoms with Gasteiger partial charge < -0.3 is 10.0 Å². The molecule has 2 amide bonds. The molecule has 1 saturated heterocycles. The van der Waals surface area contributed by atoms with Crippen LogP contribution in [-0.4, -0.2) is 39.6 Å². The monoisotopic (exact) mass is 413 g/mol. The summed E-state index contributed by atoms with van der Waals surface area (Å²) in [5.74, 6) is 0.332. The zero-order valence-electron chi connectivity index (χ0n) is 17.2. The summed E-state index contributed by atoms with van der Waals surface area (Å²) in [4.78, 5) is 27.9. The predicted octanol–water partition coefficient (Wildman–Crippen LogP) is 5.23. The Hall–Kier alpha value is -2.96. The number of carbonyl (C=O) groups is 2. The van der Waals surface area contributed by atoms with Crippen molar-refractivity contribution in [2.45, 2.75) is 57.9 Å². The van der Waals surface area contributed by atoms with E-state index in [9.17, 15) is 14.0 Å². The number of carbonyl (C=O) groups excluding carboxylic acids is 1. The fourth-order valence-corrected chi connectivity index (χ4v) is 4.10. The van der Waals surface area contributed by atoms with Crippen LogP contribution in [0.5, 0.6) is 0 Å². The number of nitrogens with zero attached hydrogens (tertiary/aromatic N) is 2. The van der Waals surface area contributed by atoms with E-state index in [-0.39, 0.29) is 11.6 Å². The molecule has 4 rings (SSSR count). The average molecular weight is 413 g/mol. The number of halogens is 1. The van der Waals surface area contributed by atoms with E-state index in [1.807, 2.05) is 6.07 Å². The van der Waals surface area contributed by atoms with Gasteiger partial charge in [-0.05, 0) is 61.6 Å². The summed E-state index contributed by atoms with van der Waals surface area (Å²) in [6.45, 7) is 2.84. The van der Waals surface area contributed by atoms with Gasteiger partial charge in [0.25, 0.3) is 0 Å². The first-order chi connectivity index (χ1) is 14.4. The van der Waals surface area contributed by atoms with Crippen molar-refractivity contribution in [2.75, 3.05) is 11.9 Å². The van der Waals surface area contributed by atoms with Crippen molar-refractivity contribution < 1.29 is 19.1 Å². The van der Waals surface area contributed by atoms with Gasteiger partial charge in [0.1, 0.15) is 11.6 Å². The lowest BCUT2D eigenvalue weighted by Gasteiger charge is -2.30. The Morgan fingerprint density at radius 2 is 1.90 bits per heavy atom. The van der Waals surface area contributed by atoms with Crippen LogP contribution in [0.3, 0.4) is 0 Å². The smallest absolute Gasteiger partial charge is 0.410 e. The van der Waals surface area contributed by atoms with Crippen molar-refractivity contribution in [3.63, 3.8) is 0 Å². The number of nitrogens with one attached hydrogen (secondary N) is 1. The fourth-order valence-electron chi connectivity index (χ4n) is 4.10. The summed E-state index contributed by atoms with van der Waals surface area (Å²) >= 11 is 0. The number of benzene rings is 1. The first-order valence-corrected chi connectivity index (χ1v) is 10.5. The third kappa shape index (κ3) is 6.02. The molecule has 0 bridgehead atoms. The van der Waals surface area contributed by atoms with Crippen LogP contribution in [0.25, 0.3) is 11.1 Å². The first kappa shape index (κ1) is 21.7. The van der Waals surface area contributed by atoms with Gasteiger partial charge in [0.2, 0.25) is 5.91 Å². The topological polar surface area (TPSA) is 82.5 Å². The van der Waals surface area contributed by atoms with Crippen molar-refractivity contribution in [3.8, 4) is 11.1 Å². The Kier molecular flexibility index (Phi) is 7.38. The highest BCUT2D eigenvalue weighted by Gasteiger charge is 2.28. The normalized spacial score (nSPS) is 16.7. The summed E-state index contributed by atoms with van der Waals surface area (Å²) in [7, 11) is 0. The molecule has 2 heterocycles. The molecule has 1 aliphatic heterocycles. The van der Waals surface area contributed by atoms with Crippen LogP contribution in [0.4, 0.5) is 15.0 Å². The van der Waals surface area contributed by atoms with Crippen LogP contribution < -0.4 is 5.32 Å². The molecule has 1 aromatic heterocycles. The Morgan fingerprint density at radius 1 is 1.13 bits per heavy atom. The van der Waals surface area contributed by atoms with Crippen LogP contribution >= 0.6 is 0 Å². The van der Waals surface area contributed by atoms with Gasteiger partial charge in [-0.1, -0.05) is 25.3 Å². The van der Waals surface area contributed by atoms with E-state index in [4.69, 9.17) is 5.11 Å². The molecule has 6 nitrogen and oxygen atoms in total. The maximum Gasteiger partial charge on any atom is 0.410 e. The number of likely N-dealkylation sites (tertiary alicyclic amines) is 1. The largest absolute Gasteiger partial charge is 0.465 e. The number of anilines is 1. The van der Waals surface area contributed by atoms with Gasteiger partial charge in [-0.3, -0.25) is 10.1 Å². The lowest BCUT2D eigenvalue weighted by molar-refractivity contribution is -0.130. The Labute approximate surface area is 176 Å². The molecular formula is C23H28FN3O3. The van der Waals surface area contributed by atoms with E-state index in [2.05, 4.69) is 15.2 Å². The Balaban J connectivity index is 0.000000184. The minimum Gasteiger partial charge on any atom is -0.465 e. The number of carboxylic acid groups (broad SMARTS) is 1. The zero-order valence-corrected chi connectivity index (χ0v) is 17.2. The van der Waals surface area contributed by atoms with Gasteiger partial charge in [-0.2, -0.15) is 0 Å². The van der Waals surface area contributed by atoms with Crippen LogP contribution in [0.2, 0.25) is 0 Å². The van der Waals surface area contributed by atoms with Crippen molar-refractivity contribution in [1.82, 2.24) is 9.88 Å². The number of rotatable bonds is 3. The molecule has 160 valence electrons. The minimum atomic E-state index is -1.17. The second-order valence-corrected chi connectivity index (χ2v) is 7.86. The molecule has 1 aliphatic carbocycles. The van der Waals surface area contributed by atoms with Gasteiger partial charge in [0.05, 0.1) is 0 Å². The second kappa shape index (κ2) is 10.2. The number of pyridine rings is 1. The molecular weight excluding hydrogens is 385 g/mol. The molecule has 0 atom stereocenters. The minimum absolute atomic E-state index is 0.236. The number of hydrogen-bond acceptors (Lipinski definition) is 3. The van der Waals surface area contributed by atoms with Crippen LogP contribution in [0, 0.1) is 12.7 Å². The molecule has 0 radical (unpaired) electrons. The lowest BCUT2D eigenvalue weighted by atomic mass is 9.94. The van der Waals surface area contributed by atoms with Crippen molar-refractivity contribution in [1.29, 1.82) is 0 Å². The van der Waals surface area contributed by atoms with Crippen molar-refractivity contribution >= 4 is 17.8 Å². The maximum atomic E-state index is 13.3. The number of amides is 2. The third-order valence-corrected chi connectivity index (χ3v) is 5.50. The average Bonchev–Trinajstić information content (AvgIpc) is 3.14. The number of aromatic nitrogens is 1. The van der Waals surface area contributed by atoms with E-state index in [1.54, 1.807) is 13.0 Å². The summed E-state index contributed by atoms with van der Waals surface area (Å²) in [5, 5.41) is 10.7. The Bertz CT molecular complexity index is 860. The van der Waals surface area contributed by atoms with Crippen LogP contribution in [0.1, 0.15) is 50.5 Å². The van der Waals surface area contributed by atoms with Gasteiger partial charge in [-0.15, -0.1) is 0 Å². The van der Waals surface area contributed by atoms with Gasteiger partial charge in [-0.25, -0.2) is 14.2 Å². The molecule has 30 heavy (non-hydrogen) atoms. The third-order valence-electron chi connectivity index (χ3n) is 5.50. The number of aryl methyl sites for hydroxylation is 1. The van der Waals surface area contributed by atoms with E-state index in [0.29, 0.717) is 17.5 Å². The summed E-state index contributed by atoms with van der Waals surface area (Å²) in [5.41, 5.74) is 2.26. The maximum absolute atomic E-state index is 13.3. The molecule has 2 N–H and O–H groups in total. The summed E-state index contributed by atoms with van der Waals surface area (Å²) in [6, 6.07) is 8.51. The highest BCUT2D eigenvalue weighted by Crippen LogP contribution is 2.26. The molecule has 2 aromatic rings. The molecule has 2 fully saturated rings. The Morgan fingerprint density at radius 3 is 2.47 bits per heavy atom. The van der Waals surface area contributed by atoms with Gasteiger partial charge >= 0.3 is 6.09 Å². The molecule has 0 unspecified atom stereocenters. The molecule has 1 aromatic carbocycles. The zero-order chi connectivity index (χ0) is 21.5. The quantitative estimate of drug-likeness (QED) is 0.722. The molecule has 0 spiro atoms. The standard InChI is InChI=1S/C13H11FN2O2.C10H17NO/c1-8-4-10(6-11(14)5-8)9-2-3-12(15-7-9)16-13(17)18;12-10-7-4-8-11(10)9-5-2-1-3-6-9/h2-7H,1H3,(H,15,16)(H,17,18);9H,1-8H2. The highest BCUT2D eigenvalue weighted by molar-refractivity contribution is 5.81.